The Morgan fingerprint density at radius 2 is 1.69 bits per heavy atom. The maximum Gasteiger partial charge on any atom is 0.335 e. The Bertz CT molecular complexity index is 1100. The van der Waals surface area contributed by atoms with Crippen molar-refractivity contribution in [2.24, 2.45) is 0 Å². The molecule has 0 bridgehead atoms. The zero-order valence-electron chi connectivity index (χ0n) is 17.2. The summed E-state index contributed by atoms with van der Waals surface area (Å²) < 4.78 is 12.3. The zero-order chi connectivity index (χ0) is 23.1. The van der Waals surface area contributed by atoms with Gasteiger partial charge in [-0.25, -0.2) is 4.79 Å². The molecule has 32 heavy (non-hydrogen) atoms. The summed E-state index contributed by atoms with van der Waals surface area (Å²) in [7, 11) is 1.56. The number of benzene rings is 3. The van der Waals surface area contributed by atoms with Crippen molar-refractivity contribution in [3.05, 3.63) is 97.5 Å². The van der Waals surface area contributed by atoms with Gasteiger partial charge < -0.3 is 19.9 Å². The molecule has 3 rings (SSSR count). The number of hydrogen-bond acceptors (Lipinski definition) is 6. The van der Waals surface area contributed by atoms with Gasteiger partial charge in [0.15, 0.2) is 11.5 Å². The summed E-state index contributed by atoms with van der Waals surface area (Å²) in [4.78, 5) is 21.4. The van der Waals surface area contributed by atoms with E-state index in [0.717, 1.165) is 21.2 Å². The minimum absolute atomic E-state index is 0.0232. The van der Waals surface area contributed by atoms with Crippen LogP contribution in [0.4, 0.5) is 5.69 Å². The van der Waals surface area contributed by atoms with E-state index in [1.165, 1.54) is 12.1 Å². The number of aromatic carboxylic acids is 1. The second-order valence-corrected chi connectivity index (χ2v) is 7.73. The molecule has 0 saturated heterocycles. The van der Waals surface area contributed by atoms with Gasteiger partial charge in [-0.05, 0) is 47.5 Å². The predicted octanol–water partition coefficient (Wildman–Crippen LogP) is 4.93. The van der Waals surface area contributed by atoms with Gasteiger partial charge in [-0.15, -0.1) is 0 Å². The minimum Gasteiger partial charge on any atom is -0.493 e. The Kier molecular flexibility index (Phi) is 7.80. The molecule has 9 heteroatoms. The Morgan fingerprint density at radius 3 is 2.28 bits per heavy atom. The third-order valence-corrected chi connectivity index (χ3v) is 5.49. The zero-order valence-corrected chi connectivity index (χ0v) is 18.8. The van der Waals surface area contributed by atoms with Crippen LogP contribution in [0.5, 0.6) is 11.5 Å². The summed E-state index contributed by atoms with van der Waals surface area (Å²) in [6.45, 7) is 1.22. The van der Waals surface area contributed by atoms with Crippen LogP contribution in [0.25, 0.3) is 0 Å². The molecule has 3 aromatic rings. The first-order valence-corrected chi connectivity index (χ1v) is 10.4. The van der Waals surface area contributed by atoms with Gasteiger partial charge in [0, 0.05) is 35.3 Å². The van der Waals surface area contributed by atoms with Crippen molar-refractivity contribution < 1.29 is 24.3 Å². The SMILES string of the molecule is COc1ccc(Br)c(CNCc2ccc(C(=O)O)cc2)c1OCc1ccc([N+](=O)[O-])cc1. The Labute approximate surface area is 193 Å². The number of carboxylic acids is 1. The smallest absolute Gasteiger partial charge is 0.335 e. The summed E-state index contributed by atoms with van der Waals surface area (Å²) >= 11 is 3.56. The summed E-state index contributed by atoms with van der Waals surface area (Å²) in [6, 6.07) is 16.5. The summed E-state index contributed by atoms with van der Waals surface area (Å²) in [5.41, 5.74) is 2.85. The fraction of sp³-hybridized carbons (Fsp3) is 0.174. The van der Waals surface area contributed by atoms with Crippen LogP contribution in [0, 0.1) is 10.1 Å². The minimum atomic E-state index is -0.959. The highest BCUT2D eigenvalue weighted by molar-refractivity contribution is 9.10. The van der Waals surface area contributed by atoms with E-state index in [2.05, 4.69) is 21.2 Å². The number of nitrogens with zero attached hydrogens (tertiary/aromatic N) is 1. The number of methoxy groups -OCH3 is 1. The monoisotopic (exact) mass is 500 g/mol. The van der Waals surface area contributed by atoms with E-state index in [1.54, 1.807) is 49.6 Å². The molecule has 0 fully saturated rings. The number of rotatable bonds is 10. The number of hydrogen-bond donors (Lipinski definition) is 2. The molecule has 0 spiro atoms. The van der Waals surface area contributed by atoms with Crippen molar-refractivity contribution in [2.45, 2.75) is 19.7 Å². The van der Waals surface area contributed by atoms with Gasteiger partial charge >= 0.3 is 5.97 Å². The number of halogens is 1. The van der Waals surface area contributed by atoms with Crippen LogP contribution in [0.1, 0.15) is 27.0 Å². The topological polar surface area (TPSA) is 111 Å². The number of carboxylic acid groups (broad SMARTS) is 1. The van der Waals surface area contributed by atoms with Crippen LogP contribution in [0.15, 0.2) is 65.1 Å². The van der Waals surface area contributed by atoms with E-state index in [9.17, 15) is 14.9 Å². The summed E-state index contributed by atoms with van der Waals surface area (Å²) in [5, 5.41) is 23.2. The predicted molar refractivity (Wildman–Crippen MR) is 122 cm³/mol. The molecule has 8 nitrogen and oxygen atoms in total. The molecule has 0 aliphatic heterocycles. The van der Waals surface area contributed by atoms with Crippen LogP contribution in [-0.4, -0.2) is 23.1 Å². The standard InChI is InChI=1S/C23H21BrN2O6/c1-31-21-11-10-20(24)19(13-25-12-15-2-6-17(7-3-15)23(27)28)22(21)32-14-16-4-8-18(9-5-16)26(29)30/h2-11,25H,12-14H2,1H3,(H,27,28). The van der Waals surface area contributed by atoms with Crippen molar-refractivity contribution in [1.82, 2.24) is 5.32 Å². The molecule has 0 aromatic heterocycles. The van der Waals surface area contributed by atoms with Crippen LogP contribution >= 0.6 is 15.9 Å². The van der Waals surface area contributed by atoms with Crippen LogP contribution < -0.4 is 14.8 Å². The highest BCUT2D eigenvalue weighted by atomic mass is 79.9. The highest BCUT2D eigenvalue weighted by Gasteiger charge is 2.15. The number of nitro benzene ring substituents is 1. The van der Waals surface area contributed by atoms with Crippen LogP contribution in [0.3, 0.4) is 0 Å². The number of nitrogens with one attached hydrogen (secondary N) is 1. The van der Waals surface area contributed by atoms with Crippen LogP contribution in [0.2, 0.25) is 0 Å². The maximum atomic E-state index is 11.0. The third-order valence-electron chi connectivity index (χ3n) is 4.75. The van der Waals surface area contributed by atoms with E-state index in [4.69, 9.17) is 14.6 Å². The van der Waals surface area contributed by atoms with Crippen molar-refractivity contribution in [1.29, 1.82) is 0 Å². The van der Waals surface area contributed by atoms with Gasteiger partial charge in [-0.1, -0.05) is 28.1 Å². The molecule has 0 heterocycles. The second kappa shape index (κ2) is 10.7. The average molecular weight is 501 g/mol. The Balaban J connectivity index is 1.71. The molecule has 0 unspecified atom stereocenters. The van der Waals surface area contributed by atoms with Gasteiger partial charge in [-0.2, -0.15) is 0 Å². The fourth-order valence-electron chi connectivity index (χ4n) is 3.03. The van der Waals surface area contributed by atoms with Gasteiger partial charge in [-0.3, -0.25) is 10.1 Å². The lowest BCUT2D eigenvalue weighted by Crippen LogP contribution is -2.15. The van der Waals surface area contributed by atoms with Crippen molar-refractivity contribution in [3.63, 3.8) is 0 Å². The second-order valence-electron chi connectivity index (χ2n) is 6.88. The first-order valence-electron chi connectivity index (χ1n) is 9.63. The normalized spacial score (nSPS) is 10.6. The van der Waals surface area contributed by atoms with Crippen molar-refractivity contribution in [2.75, 3.05) is 7.11 Å². The van der Waals surface area contributed by atoms with E-state index >= 15 is 0 Å². The number of ether oxygens (including phenoxy) is 2. The number of nitro groups is 1. The largest absolute Gasteiger partial charge is 0.493 e. The van der Waals surface area contributed by atoms with E-state index in [0.29, 0.717) is 24.6 Å². The average Bonchev–Trinajstić information content (AvgIpc) is 2.79. The molecule has 0 aliphatic carbocycles. The van der Waals surface area contributed by atoms with Gasteiger partial charge in [0.05, 0.1) is 17.6 Å². The van der Waals surface area contributed by atoms with Crippen molar-refractivity contribution in [3.8, 4) is 11.5 Å². The summed E-state index contributed by atoms with van der Waals surface area (Å²) in [6.07, 6.45) is 0. The van der Waals surface area contributed by atoms with Crippen LogP contribution in [-0.2, 0) is 19.7 Å². The van der Waals surface area contributed by atoms with Crippen molar-refractivity contribution >= 4 is 27.6 Å². The van der Waals surface area contributed by atoms with Gasteiger partial charge in [0.2, 0.25) is 0 Å². The van der Waals surface area contributed by atoms with Gasteiger partial charge in [0.25, 0.3) is 5.69 Å². The number of non-ortho nitro benzene ring substituents is 1. The summed E-state index contributed by atoms with van der Waals surface area (Å²) in [5.74, 6) is 0.173. The first-order chi connectivity index (χ1) is 15.4. The fourth-order valence-corrected chi connectivity index (χ4v) is 3.48. The molecule has 0 radical (unpaired) electrons. The quantitative estimate of drug-likeness (QED) is 0.299. The molecule has 0 saturated carbocycles. The van der Waals surface area contributed by atoms with Gasteiger partial charge in [0.1, 0.15) is 6.61 Å². The highest BCUT2D eigenvalue weighted by Crippen LogP contribution is 2.37. The molecular weight excluding hydrogens is 480 g/mol. The lowest BCUT2D eigenvalue weighted by Gasteiger charge is -2.17. The third kappa shape index (κ3) is 5.83. The van der Waals surface area contributed by atoms with E-state index in [1.807, 2.05) is 6.07 Å². The maximum absolute atomic E-state index is 11.0. The molecule has 2 N–H and O–H groups in total. The molecule has 0 aliphatic rings. The Hall–Kier alpha value is -3.43. The lowest BCUT2D eigenvalue weighted by molar-refractivity contribution is -0.384. The molecule has 0 amide bonds. The molecular formula is C23H21BrN2O6. The molecule has 166 valence electrons. The lowest BCUT2D eigenvalue weighted by atomic mass is 10.1. The number of carbonyl (C=O) groups is 1. The Morgan fingerprint density at radius 1 is 1.03 bits per heavy atom. The van der Waals surface area contributed by atoms with E-state index < -0.39 is 10.9 Å². The van der Waals surface area contributed by atoms with E-state index in [-0.39, 0.29) is 17.9 Å². The molecule has 0 atom stereocenters. The first kappa shape index (κ1) is 23.2. The molecule has 3 aromatic carbocycles.